The van der Waals surface area contributed by atoms with E-state index in [0.29, 0.717) is 39.5 Å². The number of aromatic nitrogens is 1. The molecule has 0 bridgehead atoms. The lowest BCUT2D eigenvalue weighted by atomic mass is 10.0. The van der Waals surface area contributed by atoms with Crippen LogP contribution in [0.1, 0.15) is 21.5 Å². The van der Waals surface area contributed by atoms with E-state index in [1.807, 2.05) is 0 Å². The number of nitriles is 1. The van der Waals surface area contributed by atoms with Gasteiger partial charge in [0, 0.05) is 12.4 Å². The number of benzene rings is 2. The normalized spacial score (nSPS) is 10.7. The highest BCUT2D eigenvalue weighted by Crippen LogP contribution is 2.33. The van der Waals surface area contributed by atoms with Crippen LogP contribution in [0.5, 0.6) is 23.0 Å². The minimum atomic E-state index is -0.544. The van der Waals surface area contributed by atoms with Crippen molar-refractivity contribution in [2.75, 3.05) is 21.3 Å². The van der Waals surface area contributed by atoms with Gasteiger partial charge in [-0.3, -0.25) is 4.98 Å². The monoisotopic (exact) mass is 416 g/mol. The van der Waals surface area contributed by atoms with Gasteiger partial charge in [0.15, 0.2) is 23.0 Å². The molecular formula is C24H20N2O5. The summed E-state index contributed by atoms with van der Waals surface area (Å²) in [6, 6.07) is 15.7. The number of carbonyl (C=O) groups excluding carboxylic acids is 1. The minimum Gasteiger partial charge on any atom is -0.493 e. The summed E-state index contributed by atoms with van der Waals surface area (Å²) in [7, 11) is 4.56. The fraction of sp³-hybridized carbons (Fsp3) is 0.125. The molecule has 0 saturated heterocycles. The Morgan fingerprint density at radius 2 is 1.61 bits per heavy atom. The summed E-state index contributed by atoms with van der Waals surface area (Å²) in [4.78, 5) is 16.2. The molecule has 0 aliphatic carbocycles. The maximum absolute atomic E-state index is 12.3. The summed E-state index contributed by atoms with van der Waals surface area (Å²) in [5, 5.41) is 9.66. The van der Waals surface area contributed by atoms with Crippen molar-refractivity contribution >= 4 is 17.6 Å². The lowest BCUT2D eigenvalue weighted by Gasteiger charge is -2.11. The molecule has 0 radical (unpaired) electrons. The van der Waals surface area contributed by atoms with Crippen LogP contribution in [0.25, 0.3) is 11.6 Å². The Morgan fingerprint density at radius 3 is 2.26 bits per heavy atom. The van der Waals surface area contributed by atoms with Gasteiger partial charge < -0.3 is 18.9 Å². The first-order valence-electron chi connectivity index (χ1n) is 9.24. The summed E-state index contributed by atoms with van der Waals surface area (Å²) >= 11 is 0. The Labute approximate surface area is 180 Å². The average molecular weight is 416 g/mol. The molecule has 0 fully saturated rings. The van der Waals surface area contributed by atoms with Crippen LogP contribution in [0.3, 0.4) is 0 Å². The van der Waals surface area contributed by atoms with Crippen molar-refractivity contribution in [1.29, 1.82) is 5.26 Å². The number of methoxy groups -OCH3 is 3. The molecular weight excluding hydrogens is 396 g/mol. The number of hydrogen-bond donors (Lipinski definition) is 0. The third-order valence-corrected chi connectivity index (χ3v) is 4.41. The second-order valence-corrected chi connectivity index (χ2v) is 6.28. The second kappa shape index (κ2) is 9.94. The standard InChI is InChI=1S/C24H20N2O5/c1-28-20-9-7-17(13-23(20)30-3)19(14-25)11-16-6-8-21(22(12-16)29-2)31-24(27)18-5-4-10-26-15-18/h4-13,15H,1-3H3/b19-11-. The molecule has 0 saturated carbocycles. The van der Waals surface area contributed by atoms with E-state index in [1.165, 1.54) is 20.4 Å². The van der Waals surface area contributed by atoms with Gasteiger partial charge in [-0.2, -0.15) is 5.26 Å². The fourth-order valence-corrected chi connectivity index (χ4v) is 2.85. The summed E-state index contributed by atoms with van der Waals surface area (Å²) < 4.78 is 21.4. The Morgan fingerprint density at radius 1 is 0.903 bits per heavy atom. The first-order chi connectivity index (χ1) is 15.1. The van der Waals surface area contributed by atoms with Crippen LogP contribution < -0.4 is 18.9 Å². The van der Waals surface area contributed by atoms with E-state index in [-0.39, 0.29) is 5.75 Å². The highest BCUT2D eigenvalue weighted by atomic mass is 16.6. The van der Waals surface area contributed by atoms with Crippen molar-refractivity contribution in [2.45, 2.75) is 0 Å². The molecule has 2 aromatic carbocycles. The van der Waals surface area contributed by atoms with Crippen LogP contribution in [0, 0.1) is 11.3 Å². The molecule has 0 spiro atoms. The van der Waals surface area contributed by atoms with Crippen molar-refractivity contribution in [2.24, 2.45) is 0 Å². The van der Waals surface area contributed by atoms with Gasteiger partial charge in [0.1, 0.15) is 0 Å². The van der Waals surface area contributed by atoms with Gasteiger partial charge in [0.25, 0.3) is 0 Å². The first kappa shape index (κ1) is 21.4. The van der Waals surface area contributed by atoms with E-state index < -0.39 is 5.97 Å². The summed E-state index contributed by atoms with van der Waals surface area (Å²) in [5.74, 6) is 1.17. The third kappa shape index (κ3) is 5.00. The maximum atomic E-state index is 12.3. The van der Waals surface area contributed by atoms with Crippen LogP contribution in [0.15, 0.2) is 60.9 Å². The van der Waals surface area contributed by atoms with Crippen molar-refractivity contribution in [3.8, 4) is 29.1 Å². The second-order valence-electron chi connectivity index (χ2n) is 6.28. The molecule has 156 valence electrons. The summed E-state index contributed by atoms with van der Waals surface area (Å²) in [6.07, 6.45) is 4.70. The number of hydrogen-bond acceptors (Lipinski definition) is 7. The number of esters is 1. The fourth-order valence-electron chi connectivity index (χ4n) is 2.85. The number of nitrogens with zero attached hydrogens (tertiary/aromatic N) is 2. The van der Waals surface area contributed by atoms with Gasteiger partial charge in [-0.25, -0.2) is 4.79 Å². The van der Waals surface area contributed by atoms with Crippen molar-refractivity contribution in [3.63, 3.8) is 0 Å². The molecule has 1 aromatic heterocycles. The molecule has 0 unspecified atom stereocenters. The number of rotatable bonds is 7. The minimum absolute atomic E-state index is 0.262. The lowest BCUT2D eigenvalue weighted by Crippen LogP contribution is -2.09. The predicted octanol–water partition coefficient (Wildman–Crippen LogP) is 4.39. The van der Waals surface area contributed by atoms with Gasteiger partial charge in [0.05, 0.1) is 38.5 Å². The first-order valence-corrected chi connectivity index (χ1v) is 9.24. The van der Waals surface area contributed by atoms with Gasteiger partial charge >= 0.3 is 5.97 Å². The van der Waals surface area contributed by atoms with Crippen LogP contribution >= 0.6 is 0 Å². The van der Waals surface area contributed by atoms with Crippen LogP contribution in [0.2, 0.25) is 0 Å². The van der Waals surface area contributed by atoms with E-state index >= 15 is 0 Å². The topological polar surface area (TPSA) is 90.7 Å². The number of carbonyl (C=O) groups is 1. The van der Waals surface area contributed by atoms with Crippen molar-refractivity contribution < 1.29 is 23.7 Å². The molecule has 0 aliphatic heterocycles. The van der Waals surface area contributed by atoms with Crippen molar-refractivity contribution in [3.05, 3.63) is 77.6 Å². The SMILES string of the molecule is COc1ccc(/C(C#N)=C\c2ccc(OC(=O)c3cccnc3)c(OC)c2)cc1OC. The van der Waals surface area contributed by atoms with Crippen LogP contribution in [0.4, 0.5) is 0 Å². The Kier molecular flexibility index (Phi) is 6.86. The highest BCUT2D eigenvalue weighted by molar-refractivity contribution is 5.92. The zero-order chi connectivity index (χ0) is 22.2. The third-order valence-electron chi connectivity index (χ3n) is 4.41. The smallest absolute Gasteiger partial charge is 0.345 e. The van der Waals surface area contributed by atoms with E-state index in [9.17, 15) is 10.1 Å². The molecule has 3 aromatic rings. The molecule has 7 nitrogen and oxygen atoms in total. The molecule has 0 N–H and O–H groups in total. The number of ether oxygens (including phenoxy) is 4. The Bertz CT molecular complexity index is 1150. The number of allylic oxidation sites excluding steroid dienone is 1. The van der Waals surface area contributed by atoms with Gasteiger partial charge in [-0.05, 0) is 59.7 Å². The summed E-state index contributed by atoms with van der Waals surface area (Å²) in [6.45, 7) is 0. The Balaban J connectivity index is 1.90. The van der Waals surface area contributed by atoms with E-state index in [2.05, 4.69) is 11.1 Å². The predicted molar refractivity (Wildman–Crippen MR) is 115 cm³/mol. The van der Waals surface area contributed by atoms with Gasteiger partial charge in [-0.1, -0.05) is 6.07 Å². The quantitative estimate of drug-likeness (QED) is 0.244. The molecule has 7 heteroatoms. The average Bonchev–Trinajstić information content (AvgIpc) is 2.83. The molecule has 0 aliphatic rings. The molecule has 0 atom stereocenters. The van der Waals surface area contributed by atoms with Crippen LogP contribution in [-0.2, 0) is 0 Å². The largest absolute Gasteiger partial charge is 0.493 e. The lowest BCUT2D eigenvalue weighted by molar-refractivity contribution is 0.0729. The Hall–Kier alpha value is -4.31. The molecule has 1 heterocycles. The zero-order valence-electron chi connectivity index (χ0n) is 17.3. The van der Waals surface area contributed by atoms with Crippen molar-refractivity contribution in [1.82, 2.24) is 4.98 Å². The van der Waals surface area contributed by atoms with E-state index in [0.717, 1.165) is 0 Å². The number of pyridine rings is 1. The molecule has 3 rings (SSSR count). The molecule has 31 heavy (non-hydrogen) atoms. The van der Waals surface area contributed by atoms with E-state index in [1.54, 1.807) is 67.9 Å². The highest BCUT2D eigenvalue weighted by Gasteiger charge is 2.14. The van der Waals surface area contributed by atoms with Gasteiger partial charge in [-0.15, -0.1) is 0 Å². The molecule has 0 amide bonds. The zero-order valence-corrected chi connectivity index (χ0v) is 17.3. The summed E-state index contributed by atoms with van der Waals surface area (Å²) in [5.41, 5.74) is 2.12. The van der Waals surface area contributed by atoms with Crippen LogP contribution in [-0.4, -0.2) is 32.3 Å². The van der Waals surface area contributed by atoms with Gasteiger partial charge in [0.2, 0.25) is 0 Å². The maximum Gasteiger partial charge on any atom is 0.345 e. The van der Waals surface area contributed by atoms with E-state index in [4.69, 9.17) is 18.9 Å².